The van der Waals surface area contributed by atoms with Gasteiger partial charge in [-0.1, -0.05) is 34.1 Å². The number of hydrogen-bond donors (Lipinski definition) is 2. The number of para-hydroxylation sites is 1. The number of nitrogens with one attached hydrogen (secondary N) is 1. The standard InChI is InChI=1S/C15H14Br2N2O2/c1-21-15(20)11-6-10(16)7-12(17)14(11)19-8-9-4-2-3-5-13(9)18/h2-7,19H,8,18H2,1H3. The van der Waals surface area contributed by atoms with Crippen LogP contribution in [0.3, 0.4) is 0 Å². The van der Waals surface area contributed by atoms with Gasteiger partial charge in [-0.2, -0.15) is 0 Å². The van der Waals surface area contributed by atoms with Crippen LogP contribution in [0.15, 0.2) is 45.3 Å². The van der Waals surface area contributed by atoms with Crippen LogP contribution in [-0.4, -0.2) is 13.1 Å². The van der Waals surface area contributed by atoms with Crippen LogP contribution < -0.4 is 11.1 Å². The first-order valence-electron chi connectivity index (χ1n) is 6.17. The van der Waals surface area contributed by atoms with Crippen molar-refractivity contribution < 1.29 is 9.53 Å². The molecule has 0 saturated heterocycles. The van der Waals surface area contributed by atoms with Gasteiger partial charge in [-0.05, 0) is 39.7 Å². The molecule has 0 aliphatic carbocycles. The monoisotopic (exact) mass is 412 g/mol. The van der Waals surface area contributed by atoms with Gasteiger partial charge in [-0.3, -0.25) is 0 Å². The van der Waals surface area contributed by atoms with Gasteiger partial charge in [0.25, 0.3) is 0 Å². The third-order valence-corrected chi connectivity index (χ3v) is 4.05. The predicted octanol–water partition coefficient (Wildman–Crippen LogP) is 4.19. The number of esters is 1. The minimum atomic E-state index is -0.402. The highest BCUT2D eigenvalue weighted by Gasteiger charge is 2.16. The van der Waals surface area contributed by atoms with Crippen LogP contribution in [0.2, 0.25) is 0 Å². The third kappa shape index (κ3) is 3.77. The van der Waals surface area contributed by atoms with E-state index in [-0.39, 0.29) is 0 Å². The number of rotatable bonds is 4. The Morgan fingerprint density at radius 2 is 2.00 bits per heavy atom. The first kappa shape index (κ1) is 15.9. The topological polar surface area (TPSA) is 64.3 Å². The summed E-state index contributed by atoms with van der Waals surface area (Å²) in [6.07, 6.45) is 0. The molecule has 0 fully saturated rings. The van der Waals surface area contributed by atoms with Crippen molar-refractivity contribution in [3.05, 3.63) is 56.5 Å². The number of carbonyl (C=O) groups is 1. The van der Waals surface area contributed by atoms with Crippen molar-refractivity contribution in [1.29, 1.82) is 0 Å². The van der Waals surface area contributed by atoms with Crippen molar-refractivity contribution in [3.63, 3.8) is 0 Å². The largest absolute Gasteiger partial charge is 0.465 e. The molecule has 0 saturated carbocycles. The first-order valence-corrected chi connectivity index (χ1v) is 7.76. The number of nitrogens with two attached hydrogens (primary N) is 1. The van der Waals surface area contributed by atoms with Crippen LogP contribution in [0.1, 0.15) is 15.9 Å². The van der Waals surface area contributed by atoms with E-state index in [1.54, 1.807) is 6.07 Å². The van der Waals surface area contributed by atoms with Gasteiger partial charge in [0.2, 0.25) is 0 Å². The molecular formula is C15H14Br2N2O2. The molecular weight excluding hydrogens is 400 g/mol. The van der Waals surface area contributed by atoms with Crippen LogP contribution in [-0.2, 0) is 11.3 Å². The number of anilines is 2. The summed E-state index contributed by atoms with van der Waals surface area (Å²) >= 11 is 6.82. The van der Waals surface area contributed by atoms with Crippen LogP contribution >= 0.6 is 31.9 Å². The minimum absolute atomic E-state index is 0.402. The maximum atomic E-state index is 11.9. The number of nitrogen functional groups attached to an aromatic ring is 1. The molecule has 2 aromatic carbocycles. The Bertz CT molecular complexity index is 675. The summed E-state index contributed by atoms with van der Waals surface area (Å²) in [5.74, 6) is -0.402. The van der Waals surface area contributed by atoms with E-state index in [0.29, 0.717) is 23.5 Å². The molecule has 0 aliphatic heterocycles. The Balaban J connectivity index is 2.31. The highest BCUT2D eigenvalue weighted by Crippen LogP contribution is 2.32. The molecule has 0 unspecified atom stereocenters. The lowest BCUT2D eigenvalue weighted by Crippen LogP contribution is -2.10. The molecule has 3 N–H and O–H groups in total. The van der Waals surface area contributed by atoms with Gasteiger partial charge in [0, 0.05) is 21.2 Å². The number of ether oxygens (including phenoxy) is 1. The fourth-order valence-electron chi connectivity index (χ4n) is 1.90. The molecule has 110 valence electrons. The molecule has 2 aromatic rings. The minimum Gasteiger partial charge on any atom is -0.465 e. The average molecular weight is 414 g/mol. The van der Waals surface area contributed by atoms with Gasteiger partial charge in [-0.15, -0.1) is 0 Å². The lowest BCUT2D eigenvalue weighted by Gasteiger charge is -2.14. The van der Waals surface area contributed by atoms with Crippen LogP contribution in [0.25, 0.3) is 0 Å². The Hall–Kier alpha value is -1.53. The molecule has 21 heavy (non-hydrogen) atoms. The van der Waals surface area contributed by atoms with Crippen molar-refractivity contribution in [2.45, 2.75) is 6.54 Å². The van der Waals surface area contributed by atoms with Crippen molar-refractivity contribution >= 4 is 49.2 Å². The van der Waals surface area contributed by atoms with E-state index in [1.165, 1.54) is 7.11 Å². The molecule has 0 amide bonds. The maximum absolute atomic E-state index is 11.9. The van der Waals surface area contributed by atoms with Crippen LogP contribution in [0.5, 0.6) is 0 Å². The molecule has 0 aromatic heterocycles. The van der Waals surface area contributed by atoms with Crippen molar-refractivity contribution in [1.82, 2.24) is 0 Å². The highest BCUT2D eigenvalue weighted by atomic mass is 79.9. The van der Waals surface area contributed by atoms with Crippen LogP contribution in [0, 0.1) is 0 Å². The quantitative estimate of drug-likeness (QED) is 0.582. The van der Waals surface area contributed by atoms with Gasteiger partial charge in [-0.25, -0.2) is 4.79 Å². The van der Waals surface area contributed by atoms with Crippen molar-refractivity contribution in [2.24, 2.45) is 0 Å². The van der Waals surface area contributed by atoms with E-state index in [1.807, 2.05) is 30.3 Å². The lowest BCUT2D eigenvalue weighted by atomic mass is 10.1. The summed E-state index contributed by atoms with van der Waals surface area (Å²) in [6.45, 7) is 0.511. The molecule has 0 heterocycles. The smallest absolute Gasteiger partial charge is 0.340 e. The number of halogens is 2. The highest BCUT2D eigenvalue weighted by molar-refractivity contribution is 9.11. The normalized spacial score (nSPS) is 10.2. The average Bonchev–Trinajstić information content (AvgIpc) is 2.46. The molecule has 6 heteroatoms. The van der Waals surface area contributed by atoms with Gasteiger partial charge in [0.15, 0.2) is 0 Å². The van der Waals surface area contributed by atoms with E-state index in [2.05, 4.69) is 37.2 Å². The zero-order valence-electron chi connectivity index (χ0n) is 11.3. The predicted molar refractivity (Wildman–Crippen MR) is 91.4 cm³/mol. The molecule has 0 bridgehead atoms. The van der Waals surface area contributed by atoms with Gasteiger partial charge < -0.3 is 15.8 Å². The summed E-state index contributed by atoms with van der Waals surface area (Å²) in [6, 6.07) is 11.2. The fraction of sp³-hybridized carbons (Fsp3) is 0.133. The van der Waals surface area contributed by atoms with E-state index in [4.69, 9.17) is 10.5 Å². The van der Waals surface area contributed by atoms with Gasteiger partial charge in [0.1, 0.15) is 0 Å². The number of carbonyl (C=O) groups excluding carboxylic acids is 1. The molecule has 0 aliphatic rings. The SMILES string of the molecule is COC(=O)c1cc(Br)cc(Br)c1NCc1ccccc1N. The van der Waals surface area contributed by atoms with Gasteiger partial charge >= 0.3 is 5.97 Å². The second-order valence-corrected chi connectivity index (χ2v) is 6.12. The number of methoxy groups -OCH3 is 1. The molecule has 0 radical (unpaired) electrons. The Labute approximate surface area is 139 Å². The fourth-order valence-corrected chi connectivity index (χ4v) is 3.27. The maximum Gasteiger partial charge on any atom is 0.340 e. The summed E-state index contributed by atoms with van der Waals surface area (Å²) in [5.41, 5.74) is 8.71. The van der Waals surface area contributed by atoms with E-state index >= 15 is 0 Å². The molecule has 2 rings (SSSR count). The Kier molecular flexibility index (Phi) is 5.25. The summed E-state index contributed by atoms with van der Waals surface area (Å²) in [7, 11) is 1.36. The summed E-state index contributed by atoms with van der Waals surface area (Å²) in [5, 5.41) is 3.23. The number of hydrogen-bond acceptors (Lipinski definition) is 4. The van der Waals surface area contributed by atoms with E-state index < -0.39 is 5.97 Å². The Morgan fingerprint density at radius 3 is 2.67 bits per heavy atom. The van der Waals surface area contributed by atoms with Gasteiger partial charge in [0.05, 0.1) is 18.4 Å². The second-order valence-electron chi connectivity index (χ2n) is 4.35. The van der Waals surface area contributed by atoms with Crippen molar-refractivity contribution in [3.8, 4) is 0 Å². The zero-order chi connectivity index (χ0) is 15.4. The molecule has 4 nitrogen and oxygen atoms in total. The summed E-state index contributed by atoms with van der Waals surface area (Å²) in [4.78, 5) is 11.9. The lowest BCUT2D eigenvalue weighted by molar-refractivity contribution is 0.0601. The molecule has 0 atom stereocenters. The van der Waals surface area contributed by atoms with Crippen molar-refractivity contribution in [2.75, 3.05) is 18.2 Å². The first-order chi connectivity index (χ1) is 10.0. The van der Waals surface area contributed by atoms with E-state index in [0.717, 1.165) is 14.5 Å². The zero-order valence-corrected chi connectivity index (χ0v) is 14.5. The van der Waals surface area contributed by atoms with E-state index in [9.17, 15) is 4.79 Å². The number of benzene rings is 2. The Morgan fingerprint density at radius 1 is 1.29 bits per heavy atom. The second kappa shape index (κ2) is 6.95. The molecule has 0 spiro atoms. The van der Waals surface area contributed by atoms with Crippen LogP contribution in [0.4, 0.5) is 11.4 Å². The third-order valence-electron chi connectivity index (χ3n) is 2.97. The summed E-state index contributed by atoms with van der Waals surface area (Å²) < 4.78 is 6.38.